The van der Waals surface area contributed by atoms with Crippen LogP contribution in [0.25, 0.3) is 0 Å². The molecule has 0 aliphatic rings. The molecule has 2 N–H and O–H groups in total. The molecule has 4 nitrogen and oxygen atoms in total. The van der Waals surface area contributed by atoms with Gasteiger partial charge in [-0.25, -0.2) is 0 Å². The first-order valence-electron chi connectivity index (χ1n) is 6.00. The van der Waals surface area contributed by atoms with Gasteiger partial charge in [0.25, 0.3) is 0 Å². The van der Waals surface area contributed by atoms with Crippen molar-refractivity contribution in [2.24, 2.45) is 5.73 Å². The Labute approximate surface area is 98.4 Å². The predicted octanol–water partition coefficient (Wildman–Crippen LogP) is 1.38. The fourth-order valence-corrected chi connectivity index (χ4v) is 1.96. The summed E-state index contributed by atoms with van der Waals surface area (Å²) in [6.45, 7) is 9.08. The Kier molecular flexibility index (Phi) is 4.96. The van der Waals surface area contributed by atoms with Gasteiger partial charge in [0, 0.05) is 25.7 Å². The van der Waals surface area contributed by atoms with Crippen molar-refractivity contribution < 1.29 is 0 Å². The zero-order valence-corrected chi connectivity index (χ0v) is 10.9. The first-order chi connectivity index (χ1) is 7.52. The van der Waals surface area contributed by atoms with Crippen LogP contribution in [-0.2, 0) is 13.1 Å². The molecular formula is C12H24N4. The molecule has 1 rings (SSSR count). The van der Waals surface area contributed by atoms with E-state index in [9.17, 15) is 0 Å². The van der Waals surface area contributed by atoms with Gasteiger partial charge in [-0.3, -0.25) is 9.58 Å². The SMILES string of the molecule is CCCn1nc(C)cc1CN(C)C[C@@H](C)N. The van der Waals surface area contributed by atoms with Crippen LogP contribution in [0.3, 0.4) is 0 Å². The third-order valence-corrected chi connectivity index (χ3v) is 2.45. The van der Waals surface area contributed by atoms with Gasteiger partial charge in [-0.05, 0) is 33.4 Å². The lowest BCUT2D eigenvalue weighted by atomic mass is 10.3. The van der Waals surface area contributed by atoms with E-state index in [1.165, 1.54) is 5.69 Å². The van der Waals surface area contributed by atoms with Crippen molar-refractivity contribution in [3.63, 3.8) is 0 Å². The van der Waals surface area contributed by atoms with Gasteiger partial charge >= 0.3 is 0 Å². The number of nitrogens with two attached hydrogens (primary N) is 1. The summed E-state index contributed by atoms with van der Waals surface area (Å²) in [6.07, 6.45) is 1.12. The molecule has 1 heterocycles. The quantitative estimate of drug-likeness (QED) is 0.794. The van der Waals surface area contributed by atoms with Crippen molar-refractivity contribution in [3.05, 3.63) is 17.5 Å². The molecule has 92 valence electrons. The Morgan fingerprint density at radius 1 is 1.56 bits per heavy atom. The maximum Gasteiger partial charge on any atom is 0.0597 e. The summed E-state index contributed by atoms with van der Waals surface area (Å²) in [5.41, 5.74) is 8.16. The molecule has 1 aromatic heterocycles. The first-order valence-corrected chi connectivity index (χ1v) is 6.00. The Hall–Kier alpha value is -0.870. The molecular weight excluding hydrogens is 200 g/mol. The molecule has 0 aliphatic carbocycles. The van der Waals surface area contributed by atoms with E-state index >= 15 is 0 Å². The summed E-state index contributed by atoms with van der Waals surface area (Å²) in [5, 5.41) is 4.49. The lowest BCUT2D eigenvalue weighted by Crippen LogP contribution is -2.33. The molecule has 0 saturated heterocycles. The molecule has 1 aromatic rings. The number of rotatable bonds is 6. The topological polar surface area (TPSA) is 47.1 Å². The maximum absolute atomic E-state index is 5.78. The van der Waals surface area contributed by atoms with Gasteiger partial charge in [0.2, 0.25) is 0 Å². The van der Waals surface area contributed by atoms with Crippen molar-refractivity contribution in [2.75, 3.05) is 13.6 Å². The van der Waals surface area contributed by atoms with Crippen LogP contribution in [-0.4, -0.2) is 34.3 Å². The van der Waals surface area contributed by atoms with E-state index < -0.39 is 0 Å². The molecule has 0 saturated carbocycles. The van der Waals surface area contributed by atoms with Gasteiger partial charge in [0.15, 0.2) is 0 Å². The number of nitrogens with zero attached hydrogens (tertiary/aromatic N) is 3. The smallest absolute Gasteiger partial charge is 0.0597 e. The summed E-state index contributed by atoms with van der Waals surface area (Å²) >= 11 is 0. The average molecular weight is 224 g/mol. The lowest BCUT2D eigenvalue weighted by molar-refractivity contribution is 0.299. The van der Waals surface area contributed by atoms with Gasteiger partial charge in [0.05, 0.1) is 11.4 Å². The molecule has 0 spiro atoms. The summed E-state index contributed by atoms with van der Waals surface area (Å²) in [4.78, 5) is 2.24. The second-order valence-electron chi connectivity index (χ2n) is 4.67. The summed E-state index contributed by atoms with van der Waals surface area (Å²) < 4.78 is 2.10. The maximum atomic E-state index is 5.78. The van der Waals surface area contributed by atoms with Crippen molar-refractivity contribution in [1.82, 2.24) is 14.7 Å². The van der Waals surface area contributed by atoms with E-state index in [2.05, 4.69) is 34.7 Å². The van der Waals surface area contributed by atoms with Crippen LogP contribution >= 0.6 is 0 Å². The summed E-state index contributed by atoms with van der Waals surface area (Å²) in [5.74, 6) is 0. The highest BCUT2D eigenvalue weighted by atomic mass is 15.3. The monoisotopic (exact) mass is 224 g/mol. The summed E-state index contributed by atoms with van der Waals surface area (Å²) in [7, 11) is 2.10. The number of aromatic nitrogens is 2. The second-order valence-corrected chi connectivity index (χ2v) is 4.67. The van der Waals surface area contributed by atoms with Crippen LogP contribution < -0.4 is 5.73 Å². The molecule has 16 heavy (non-hydrogen) atoms. The third-order valence-electron chi connectivity index (χ3n) is 2.45. The molecule has 1 atom stereocenters. The third kappa shape index (κ3) is 3.94. The number of hydrogen-bond acceptors (Lipinski definition) is 3. The van der Waals surface area contributed by atoms with Crippen LogP contribution in [0.1, 0.15) is 31.7 Å². The second kappa shape index (κ2) is 6.01. The van der Waals surface area contributed by atoms with E-state index in [1.807, 2.05) is 13.8 Å². The zero-order chi connectivity index (χ0) is 12.1. The van der Waals surface area contributed by atoms with Crippen molar-refractivity contribution in [1.29, 1.82) is 0 Å². The molecule has 0 radical (unpaired) electrons. The Balaban J connectivity index is 2.64. The Morgan fingerprint density at radius 2 is 2.25 bits per heavy atom. The highest BCUT2D eigenvalue weighted by Gasteiger charge is 2.08. The molecule has 0 aliphatic heterocycles. The van der Waals surface area contributed by atoms with Gasteiger partial charge < -0.3 is 5.73 Å². The average Bonchev–Trinajstić information content (AvgIpc) is 2.45. The van der Waals surface area contributed by atoms with Crippen molar-refractivity contribution in [2.45, 2.75) is 46.3 Å². The largest absolute Gasteiger partial charge is 0.327 e. The molecule has 0 amide bonds. The normalized spacial score (nSPS) is 13.4. The molecule has 0 unspecified atom stereocenters. The minimum atomic E-state index is 0.216. The van der Waals surface area contributed by atoms with Crippen molar-refractivity contribution in [3.8, 4) is 0 Å². The number of hydrogen-bond donors (Lipinski definition) is 1. The van der Waals surface area contributed by atoms with E-state index in [1.54, 1.807) is 0 Å². The van der Waals surface area contributed by atoms with Gasteiger partial charge in [0.1, 0.15) is 0 Å². The highest BCUT2D eigenvalue weighted by Crippen LogP contribution is 2.07. The summed E-state index contributed by atoms with van der Waals surface area (Å²) in [6, 6.07) is 2.38. The van der Waals surface area contributed by atoms with E-state index in [0.717, 1.165) is 31.7 Å². The number of aryl methyl sites for hydroxylation is 2. The van der Waals surface area contributed by atoms with Crippen LogP contribution in [0, 0.1) is 6.92 Å². The standard InChI is InChI=1S/C12H24N4/c1-5-6-16-12(7-11(3)14-16)9-15(4)8-10(2)13/h7,10H,5-6,8-9,13H2,1-4H3/t10-/m1/s1. The van der Waals surface area contributed by atoms with Crippen molar-refractivity contribution >= 4 is 0 Å². The van der Waals surface area contributed by atoms with Crippen LogP contribution in [0.4, 0.5) is 0 Å². The van der Waals surface area contributed by atoms with Crippen LogP contribution in [0.2, 0.25) is 0 Å². The molecule has 0 aromatic carbocycles. The Bertz CT molecular complexity index is 317. The predicted molar refractivity (Wildman–Crippen MR) is 67.2 cm³/mol. The molecule has 0 bridgehead atoms. The molecule has 0 fully saturated rings. The number of likely N-dealkylation sites (N-methyl/N-ethyl adjacent to an activating group) is 1. The fourth-order valence-electron chi connectivity index (χ4n) is 1.96. The van der Waals surface area contributed by atoms with E-state index in [0.29, 0.717) is 0 Å². The van der Waals surface area contributed by atoms with E-state index in [-0.39, 0.29) is 6.04 Å². The highest BCUT2D eigenvalue weighted by molar-refractivity contribution is 5.08. The Morgan fingerprint density at radius 3 is 2.81 bits per heavy atom. The minimum Gasteiger partial charge on any atom is -0.327 e. The van der Waals surface area contributed by atoms with Crippen LogP contribution in [0.5, 0.6) is 0 Å². The molecule has 4 heteroatoms. The van der Waals surface area contributed by atoms with Gasteiger partial charge in [-0.2, -0.15) is 5.10 Å². The fraction of sp³-hybridized carbons (Fsp3) is 0.750. The lowest BCUT2D eigenvalue weighted by Gasteiger charge is -2.19. The minimum absolute atomic E-state index is 0.216. The zero-order valence-electron chi connectivity index (χ0n) is 10.9. The van der Waals surface area contributed by atoms with Gasteiger partial charge in [-0.15, -0.1) is 0 Å². The van der Waals surface area contributed by atoms with E-state index in [4.69, 9.17) is 5.73 Å². The van der Waals surface area contributed by atoms with Crippen LogP contribution in [0.15, 0.2) is 6.07 Å². The van der Waals surface area contributed by atoms with Gasteiger partial charge in [-0.1, -0.05) is 6.92 Å². The first kappa shape index (κ1) is 13.2.